The summed E-state index contributed by atoms with van der Waals surface area (Å²) in [4.78, 5) is 11.6. The van der Waals surface area contributed by atoms with E-state index >= 15 is 0 Å². The molecule has 2 rings (SSSR count). The Balaban J connectivity index is 2.21. The zero-order valence-electron chi connectivity index (χ0n) is 8.50. The Labute approximate surface area is 101 Å². The normalized spacial score (nSPS) is 10.2. The third-order valence-electron chi connectivity index (χ3n) is 2.04. The highest BCUT2D eigenvalue weighted by molar-refractivity contribution is 6.31. The van der Waals surface area contributed by atoms with Crippen LogP contribution in [0.5, 0.6) is 0 Å². The molecule has 4 N–H and O–H groups in total. The molecule has 0 spiro atoms. The number of hydrogen-bond donors (Lipinski definition) is 3. The summed E-state index contributed by atoms with van der Waals surface area (Å²) < 4.78 is 13.5. The Morgan fingerprint density at radius 3 is 2.94 bits per heavy atom. The van der Waals surface area contributed by atoms with E-state index in [9.17, 15) is 9.18 Å². The quantitative estimate of drug-likeness (QED) is 0.767. The summed E-state index contributed by atoms with van der Waals surface area (Å²) in [5, 5.41) is 8.30. The number of anilines is 2. The third-order valence-corrected chi connectivity index (χ3v) is 2.33. The van der Waals surface area contributed by atoms with Crippen molar-refractivity contribution in [2.45, 2.75) is 0 Å². The highest BCUT2D eigenvalue weighted by atomic mass is 35.5. The highest BCUT2D eigenvalue weighted by Gasteiger charge is 2.12. The molecule has 2 aromatic rings. The number of H-pyrrole nitrogens is 1. The average molecular weight is 255 g/mol. The van der Waals surface area contributed by atoms with Gasteiger partial charge in [0.25, 0.3) is 5.91 Å². The van der Waals surface area contributed by atoms with Crippen LogP contribution in [0.25, 0.3) is 0 Å². The first-order chi connectivity index (χ1) is 8.08. The maximum absolute atomic E-state index is 13.5. The number of rotatable bonds is 2. The average Bonchev–Trinajstić information content (AvgIpc) is 2.72. The summed E-state index contributed by atoms with van der Waals surface area (Å²) in [6.07, 6.45) is 0. The minimum absolute atomic E-state index is 0.00401. The minimum atomic E-state index is -0.685. The molecule has 0 atom stereocenters. The Kier molecular flexibility index (Phi) is 2.97. The van der Waals surface area contributed by atoms with Gasteiger partial charge in [0.05, 0.1) is 10.7 Å². The summed E-state index contributed by atoms with van der Waals surface area (Å²) in [7, 11) is 0. The van der Waals surface area contributed by atoms with Gasteiger partial charge < -0.3 is 11.1 Å². The molecule has 1 heterocycles. The summed E-state index contributed by atoms with van der Waals surface area (Å²) in [6, 6.07) is 5.67. The lowest BCUT2D eigenvalue weighted by atomic mass is 10.3. The molecule has 0 aliphatic heterocycles. The van der Waals surface area contributed by atoms with Crippen LogP contribution in [0.15, 0.2) is 24.3 Å². The van der Waals surface area contributed by atoms with E-state index in [-0.39, 0.29) is 22.2 Å². The number of amides is 1. The van der Waals surface area contributed by atoms with Crippen LogP contribution in [0.4, 0.5) is 15.9 Å². The van der Waals surface area contributed by atoms with E-state index in [2.05, 4.69) is 15.5 Å². The van der Waals surface area contributed by atoms with E-state index in [0.29, 0.717) is 0 Å². The fourth-order valence-corrected chi connectivity index (χ4v) is 1.42. The Bertz CT molecular complexity index is 569. The van der Waals surface area contributed by atoms with Gasteiger partial charge in [0.15, 0.2) is 5.82 Å². The summed E-state index contributed by atoms with van der Waals surface area (Å²) in [6.45, 7) is 0. The van der Waals surface area contributed by atoms with Crippen molar-refractivity contribution in [2.24, 2.45) is 0 Å². The lowest BCUT2D eigenvalue weighted by molar-refractivity contribution is 0.102. The van der Waals surface area contributed by atoms with E-state index in [1.165, 1.54) is 24.3 Å². The second kappa shape index (κ2) is 4.42. The predicted octanol–water partition coefficient (Wildman–Crippen LogP) is 2.04. The van der Waals surface area contributed by atoms with Gasteiger partial charge in [-0.2, -0.15) is 5.10 Å². The summed E-state index contributed by atoms with van der Waals surface area (Å²) >= 11 is 5.58. The topological polar surface area (TPSA) is 83.8 Å². The van der Waals surface area contributed by atoms with Crippen LogP contribution in [-0.2, 0) is 0 Å². The number of aromatic amines is 1. The smallest absolute Gasteiger partial charge is 0.273 e. The lowest BCUT2D eigenvalue weighted by Crippen LogP contribution is -2.13. The van der Waals surface area contributed by atoms with E-state index < -0.39 is 11.7 Å². The molecule has 1 aromatic carbocycles. The van der Waals surface area contributed by atoms with Crippen molar-refractivity contribution in [1.29, 1.82) is 0 Å². The Morgan fingerprint density at radius 2 is 2.29 bits per heavy atom. The van der Waals surface area contributed by atoms with Crippen LogP contribution in [0.1, 0.15) is 10.5 Å². The molecule has 0 fully saturated rings. The molecule has 0 saturated carbocycles. The molecule has 5 nitrogen and oxygen atoms in total. The largest absolute Gasteiger partial charge is 0.382 e. The number of halogens is 2. The molecular formula is C10H8ClFN4O. The van der Waals surface area contributed by atoms with Gasteiger partial charge in [-0.25, -0.2) is 4.39 Å². The fraction of sp³-hybridized carbons (Fsp3) is 0. The second-order valence-electron chi connectivity index (χ2n) is 3.26. The highest BCUT2D eigenvalue weighted by Crippen LogP contribution is 2.22. The van der Waals surface area contributed by atoms with Gasteiger partial charge in [-0.15, -0.1) is 0 Å². The summed E-state index contributed by atoms with van der Waals surface area (Å²) in [5.74, 6) is -1.05. The number of carbonyl (C=O) groups excluding carboxylic acids is 1. The molecule has 0 aliphatic rings. The molecule has 1 amide bonds. The van der Waals surface area contributed by atoms with Gasteiger partial charge >= 0.3 is 0 Å². The zero-order chi connectivity index (χ0) is 12.4. The van der Waals surface area contributed by atoms with Crippen LogP contribution in [0.3, 0.4) is 0 Å². The molecule has 0 radical (unpaired) electrons. The van der Waals surface area contributed by atoms with Crippen molar-refractivity contribution >= 4 is 29.0 Å². The second-order valence-corrected chi connectivity index (χ2v) is 3.67. The number of aromatic nitrogens is 2. The van der Waals surface area contributed by atoms with Crippen LogP contribution >= 0.6 is 11.6 Å². The molecule has 1 aromatic heterocycles. The zero-order valence-corrected chi connectivity index (χ0v) is 9.25. The Hall–Kier alpha value is -2.08. The van der Waals surface area contributed by atoms with Crippen LogP contribution in [0.2, 0.25) is 5.02 Å². The first-order valence-corrected chi connectivity index (χ1v) is 5.02. The van der Waals surface area contributed by atoms with Gasteiger partial charge in [0.1, 0.15) is 11.5 Å². The first kappa shape index (κ1) is 11.4. The third kappa shape index (κ3) is 2.36. The fourth-order valence-electron chi connectivity index (χ4n) is 1.24. The van der Waals surface area contributed by atoms with Crippen LogP contribution in [-0.4, -0.2) is 16.1 Å². The SMILES string of the molecule is Nc1cc(C(=O)Nc2cccc(Cl)c2F)[nH]n1. The van der Waals surface area contributed by atoms with Crippen molar-refractivity contribution in [3.63, 3.8) is 0 Å². The Morgan fingerprint density at radius 1 is 1.53 bits per heavy atom. The minimum Gasteiger partial charge on any atom is -0.382 e. The van der Waals surface area contributed by atoms with Crippen molar-refractivity contribution in [3.8, 4) is 0 Å². The molecule has 0 saturated heterocycles. The van der Waals surface area contributed by atoms with Crippen LogP contribution < -0.4 is 11.1 Å². The molecule has 17 heavy (non-hydrogen) atoms. The van der Waals surface area contributed by atoms with Crippen LogP contribution in [0, 0.1) is 5.82 Å². The van der Waals surface area contributed by atoms with Gasteiger partial charge in [-0.05, 0) is 12.1 Å². The molecular weight excluding hydrogens is 247 g/mol. The molecule has 0 aliphatic carbocycles. The van der Waals surface area contributed by atoms with E-state index in [1.54, 1.807) is 0 Å². The molecule has 88 valence electrons. The van der Waals surface area contributed by atoms with Crippen molar-refractivity contribution in [3.05, 3.63) is 40.8 Å². The number of nitrogens with two attached hydrogens (primary N) is 1. The lowest BCUT2D eigenvalue weighted by Gasteiger charge is -2.05. The first-order valence-electron chi connectivity index (χ1n) is 4.64. The number of hydrogen-bond acceptors (Lipinski definition) is 3. The van der Waals surface area contributed by atoms with Gasteiger partial charge in [0, 0.05) is 6.07 Å². The van der Waals surface area contributed by atoms with Crippen molar-refractivity contribution in [1.82, 2.24) is 10.2 Å². The van der Waals surface area contributed by atoms with Crippen molar-refractivity contribution < 1.29 is 9.18 Å². The van der Waals surface area contributed by atoms with E-state index in [4.69, 9.17) is 17.3 Å². The predicted molar refractivity (Wildman–Crippen MR) is 62.4 cm³/mol. The number of nitrogens with zero attached hydrogens (tertiary/aromatic N) is 1. The number of nitrogen functional groups attached to an aromatic ring is 1. The number of carbonyl (C=O) groups is 1. The molecule has 0 unspecified atom stereocenters. The van der Waals surface area contributed by atoms with Gasteiger partial charge in [-0.3, -0.25) is 9.89 Å². The van der Waals surface area contributed by atoms with E-state index in [0.717, 1.165) is 0 Å². The molecule has 7 heteroatoms. The van der Waals surface area contributed by atoms with Gasteiger partial charge in [-0.1, -0.05) is 17.7 Å². The maximum atomic E-state index is 13.5. The number of nitrogens with one attached hydrogen (secondary N) is 2. The molecule has 0 bridgehead atoms. The monoisotopic (exact) mass is 254 g/mol. The number of benzene rings is 1. The summed E-state index contributed by atoms with van der Waals surface area (Å²) in [5.41, 5.74) is 5.48. The maximum Gasteiger partial charge on any atom is 0.273 e. The van der Waals surface area contributed by atoms with Gasteiger partial charge in [0.2, 0.25) is 0 Å². The van der Waals surface area contributed by atoms with E-state index in [1.807, 2.05) is 0 Å². The van der Waals surface area contributed by atoms with Crippen molar-refractivity contribution in [2.75, 3.05) is 11.1 Å². The standard InChI is InChI=1S/C10H8ClFN4O/c11-5-2-1-3-6(9(5)12)14-10(17)7-4-8(13)16-15-7/h1-4H,(H,14,17)(H3,13,15,16).